The summed E-state index contributed by atoms with van der Waals surface area (Å²) in [5.41, 5.74) is 2.02. The number of anilines is 1. The van der Waals surface area contributed by atoms with E-state index in [2.05, 4.69) is 22.4 Å². The van der Waals surface area contributed by atoms with Gasteiger partial charge in [0, 0.05) is 44.0 Å². The van der Waals surface area contributed by atoms with Gasteiger partial charge >= 0.3 is 6.03 Å². The number of β-amino-alcohol motifs (C(OH)–C–C–N with tert-alkyl or cyclic N) is 1. The zero-order chi connectivity index (χ0) is 24.1. The maximum Gasteiger partial charge on any atom is 0.322 e. The molecule has 2 aromatic rings. The quantitative estimate of drug-likeness (QED) is 0.656. The molecule has 1 aliphatic carbocycles. The molecule has 6 nitrogen and oxygen atoms in total. The molecular weight excluding hydrogens is 438 g/mol. The van der Waals surface area contributed by atoms with Crippen LogP contribution in [-0.4, -0.2) is 59.3 Å². The molecule has 1 heterocycles. The Morgan fingerprint density at radius 1 is 1.12 bits per heavy atom. The minimum atomic E-state index is -1.00. The van der Waals surface area contributed by atoms with Crippen molar-refractivity contribution in [1.82, 2.24) is 9.80 Å². The first-order chi connectivity index (χ1) is 16.4. The fourth-order valence-electron chi connectivity index (χ4n) is 5.07. The van der Waals surface area contributed by atoms with Gasteiger partial charge in [-0.2, -0.15) is 5.26 Å². The van der Waals surface area contributed by atoms with Crippen molar-refractivity contribution in [1.29, 1.82) is 5.26 Å². The van der Waals surface area contributed by atoms with Crippen molar-refractivity contribution in [2.75, 3.05) is 31.5 Å². The Balaban J connectivity index is 1.43. The summed E-state index contributed by atoms with van der Waals surface area (Å²) in [6.45, 7) is 2.52. The van der Waals surface area contributed by atoms with Gasteiger partial charge in [0.25, 0.3) is 0 Å². The van der Waals surface area contributed by atoms with Gasteiger partial charge in [0.05, 0.1) is 17.7 Å². The molecule has 0 spiro atoms. The largest absolute Gasteiger partial charge is 0.392 e. The average molecular weight is 469 g/mol. The van der Waals surface area contributed by atoms with Crippen LogP contribution in [0.3, 0.4) is 0 Å². The number of hydrogen-bond donors (Lipinski definition) is 2. The molecule has 2 aliphatic rings. The smallest absolute Gasteiger partial charge is 0.322 e. The number of halogens is 2. The van der Waals surface area contributed by atoms with Crippen molar-refractivity contribution in [3.63, 3.8) is 0 Å². The fourth-order valence-corrected chi connectivity index (χ4v) is 5.07. The summed E-state index contributed by atoms with van der Waals surface area (Å²) in [6.07, 6.45) is 3.83. The third-order valence-electron chi connectivity index (χ3n) is 6.96. The molecule has 34 heavy (non-hydrogen) atoms. The van der Waals surface area contributed by atoms with Crippen LogP contribution in [-0.2, 0) is 0 Å². The van der Waals surface area contributed by atoms with Gasteiger partial charge in [0.1, 0.15) is 0 Å². The monoisotopic (exact) mass is 468 g/mol. The van der Waals surface area contributed by atoms with E-state index in [-0.39, 0.29) is 23.9 Å². The molecule has 0 bridgehead atoms. The lowest BCUT2D eigenvalue weighted by Crippen LogP contribution is -2.47. The predicted molar refractivity (Wildman–Crippen MR) is 125 cm³/mol. The van der Waals surface area contributed by atoms with E-state index in [1.165, 1.54) is 6.07 Å². The number of nitrogens with zero attached hydrogens (tertiary/aromatic N) is 3. The number of urea groups is 1. The van der Waals surface area contributed by atoms with Gasteiger partial charge < -0.3 is 15.3 Å². The van der Waals surface area contributed by atoms with E-state index >= 15 is 0 Å². The van der Waals surface area contributed by atoms with Crippen molar-refractivity contribution in [3.8, 4) is 6.07 Å². The third kappa shape index (κ3) is 5.91. The summed E-state index contributed by atoms with van der Waals surface area (Å²) in [6, 6.07) is 12.9. The highest BCUT2D eigenvalue weighted by Gasteiger charge is 2.31. The van der Waals surface area contributed by atoms with Gasteiger partial charge in [0.2, 0.25) is 0 Å². The minimum absolute atomic E-state index is 0.0215. The van der Waals surface area contributed by atoms with Crippen LogP contribution in [0.5, 0.6) is 0 Å². The van der Waals surface area contributed by atoms with E-state index < -0.39 is 11.6 Å². The Morgan fingerprint density at radius 2 is 1.91 bits per heavy atom. The van der Waals surface area contributed by atoms with Crippen LogP contribution >= 0.6 is 0 Å². The highest BCUT2D eigenvalue weighted by atomic mass is 19.2. The van der Waals surface area contributed by atoms with Crippen molar-refractivity contribution in [2.24, 2.45) is 0 Å². The van der Waals surface area contributed by atoms with Crippen LogP contribution < -0.4 is 5.32 Å². The summed E-state index contributed by atoms with van der Waals surface area (Å²) in [5, 5.41) is 21.7. The van der Waals surface area contributed by atoms with E-state index in [1.54, 1.807) is 11.0 Å². The van der Waals surface area contributed by atoms with E-state index in [1.807, 2.05) is 12.1 Å². The van der Waals surface area contributed by atoms with Gasteiger partial charge in [-0.05, 0) is 67.9 Å². The number of aliphatic hydroxyl groups is 1. The molecule has 1 saturated heterocycles. The van der Waals surface area contributed by atoms with Gasteiger partial charge in [0.15, 0.2) is 11.6 Å². The molecule has 0 radical (unpaired) electrons. The molecule has 2 fully saturated rings. The van der Waals surface area contributed by atoms with Crippen molar-refractivity contribution < 1.29 is 18.7 Å². The normalized spacial score (nSPS) is 22.8. The second kappa shape index (κ2) is 10.9. The van der Waals surface area contributed by atoms with Crippen LogP contribution in [0.25, 0.3) is 0 Å². The highest BCUT2D eigenvalue weighted by Crippen LogP contribution is 2.35. The molecule has 180 valence electrons. The molecule has 2 aromatic carbocycles. The first kappa shape index (κ1) is 24.1. The molecule has 0 unspecified atom stereocenters. The molecule has 1 saturated carbocycles. The van der Waals surface area contributed by atoms with Crippen LogP contribution in [0.15, 0.2) is 42.5 Å². The summed E-state index contributed by atoms with van der Waals surface area (Å²) in [5.74, 6) is -1.62. The number of carbonyl (C=O) groups excluding carboxylic acids is 1. The number of likely N-dealkylation sites (tertiary alicyclic amines) is 1. The number of nitriles is 1. The Hall–Kier alpha value is -3.02. The summed E-state index contributed by atoms with van der Waals surface area (Å²) in [4.78, 5) is 17.1. The Kier molecular flexibility index (Phi) is 7.76. The highest BCUT2D eigenvalue weighted by molar-refractivity contribution is 5.89. The summed E-state index contributed by atoms with van der Waals surface area (Å²) >= 11 is 0. The molecule has 4 rings (SSSR count). The lowest BCUT2D eigenvalue weighted by molar-refractivity contribution is 0.143. The second-order valence-corrected chi connectivity index (χ2v) is 9.24. The van der Waals surface area contributed by atoms with E-state index in [0.717, 1.165) is 56.3 Å². The lowest BCUT2D eigenvalue weighted by atomic mass is 9.81. The van der Waals surface area contributed by atoms with Crippen LogP contribution in [0, 0.1) is 23.0 Å². The lowest BCUT2D eigenvalue weighted by Gasteiger charge is -2.38. The van der Waals surface area contributed by atoms with Crippen LogP contribution in [0.4, 0.5) is 19.3 Å². The van der Waals surface area contributed by atoms with Crippen molar-refractivity contribution in [2.45, 2.75) is 50.2 Å². The fraction of sp³-hybridized carbons (Fsp3) is 0.462. The van der Waals surface area contributed by atoms with Gasteiger partial charge in [-0.15, -0.1) is 0 Å². The predicted octanol–water partition coefficient (Wildman–Crippen LogP) is 4.46. The second-order valence-electron chi connectivity index (χ2n) is 9.24. The van der Waals surface area contributed by atoms with E-state index in [0.29, 0.717) is 31.1 Å². The number of aliphatic hydroxyl groups excluding tert-OH is 1. The van der Waals surface area contributed by atoms with Crippen molar-refractivity contribution >= 4 is 11.7 Å². The first-order valence-corrected chi connectivity index (χ1v) is 11.9. The molecule has 2 amide bonds. The third-order valence-corrected chi connectivity index (χ3v) is 6.96. The molecule has 8 heteroatoms. The standard InChI is InChI=1S/C26H30F2N4O2/c27-24-9-6-21(15-25(24)28)30-26(34)32(13-12-31-11-10-23(33)17-31)22-7-4-19(5-8-22)20-3-1-2-18(14-20)16-29/h1-3,6,9,14-15,19,22-23,33H,4-5,7-8,10-13,17H2,(H,30,34)/t19-,22-,23-/m1/s1. The zero-order valence-electron chi connectivity index (χ0n) is 19.1. The summed E-state index contributed by atoms with van der Waals surface area (Å²) in [7, 11) is 0. The maximum atomic E-state index is 13.6. The molecular formula is C26H30F2N4O2. The molecule has 0 aromatic heterocycles. The summed E-state index contributed by atoms with van der Waals surface area (Å²) < 4.78 is 26.9. The SMILES string of the molecule is N#Cc1cccc([C@H]2CC[C@H](N(CCN3CC[C@@H](O)C3)C(=O)Nc3ccc(F)c(F)c3)CC2)c1. The minimum Gasteiger partial charge on any atom is -0.392 e. The molecule has 1 aliphatic heterocycles. The molecule has 2 N–H and O–H groups in total. The van der Waals surface area contributed by atoms with E-state index in [9.17, 15) is 23.9 Å². The van der Waals surface area contributed by atoms with Gasteiger partial charge in [-0.3, -0.25) is 4.90 Å². The van der Waals surface area contributed by atoms with Crippen molar-refractivity contribution in [3.05, 3.63) is 65.2 Å². The topological polar surface area (TPSA) is 79.6 Å². The Morgan fingerprint density at radius 3 is 2.59 bits per heavy atom. The number of hydrogen-bond acceptors (Lipinski definition) is 4. The number of nitrogens with one attached hydrogen (secondary N) is 1. The Labute approximate surface area is 198 Å². The Bertz CT molecular complexity index is 1050. The van der Waals surface area contributed by atoms with Gasteiger partial charge in [-0.1, -0.05) is 12.1 Å². The zero-order valence-corrected chi connectivity index (χ0v) is 19.1. The first-order valence-electron chi connectivity index (χ1n) is 11.9. The average Bonchev–Trinajstić information content (AvgIpc) is 3.27. The van der Waals surface area contributed by atoms with Crippen LogP contribution in [0.1, 0.15) is 49.1 Å². The number of benzene rings is 2. The number of rotatable bonds is 6. The number of carbonyl (C=O) groups is 1. The van der Waals surface area contributed by atoms with E-state index in [4.69, 9.17) is 0 Å². The van der Waals surface area contributed by atoms with Gasteiger partial charge in [-0.25, -0.2) is 13.6 Å². The maximum absolute atomic E-state index is 13.6. The number of amides is 2. The molecule has 1 atom stereocenters. The van der Waals surface area contributed by atoms with Crippen LogP contribution in [0.2, 0.25) is 0 Å².